The summed E-state index contributed by atoms with van der Waals surface area (Å²) in [6.07, 6.45) is 2.44. The monoisotopic (exact) mass is 322 g/mol. The van der Waals surface area contributed by atoms with Crippen LogP contribution in [0, 0.1) is 5.92 Å². The fourth-order valence-corrected chi connectivity index (χ4v) is 4.50. The number of fused-ring (bicyclic) bond motifs is 4. The predicted molar refractivity (Wildman–Crippen MR) is 97.5 cm³/mol. The van der Waals surface area contributed by atoms with Crippen LogP contribution in [-0.2, 0) is 6.54 Å². The molecule has 1 aromatic carbocycles. The molecule has 24 heavy (non-hydrogen) atoms. The van der Waals surface area contributed by atoms with Crippen molar-refractivity contribution in [3.63, 3.8) is 0 Å². The second-order valence-corrected chi connectivity index (χ2v) is 7.56. The van der Waals surface area contributed by atoms with Crippen LogP contribution in [-0.4, -0.2) is 29.1 Å². The molecule has 3 nitrogen and oxygen atoms in total. The average Bonchev–Trinajstić information content (AvgIpc) is 2.61. The van der Waals surface area contributed by atoms with Crippen molar-refractivity contribution in [2.45, 2.75) is 38.1 Å². The fourth-order valence-electron chi connectivity index (χ4n) is 4.50. The normalized spacial score (nSPS) is 24.4. The Labute approximate surface area is 143 Å². The van der Waals surface area contributed by atoms with Crippen molar-refractivity contribution in [2.75, 3.05) is 19.6 Å². The van der Waals surface area contributed by atoms with Crippen LogP contribution in [0.15, 0.2) is 53.3 Å². The van der Waals surface area contributed by atoms with Gasteiger partial charge in [0.15, 0.2) is 0 Å². The van der Waals surface area contributed by atoms with Gasteiger partial charge in [-0.15, -0.1) is 0 Å². The molecule has 1 fully saturated rings. The summed E-state index contributed by atoms with van der Waals surface area (Å²) in [4.78, 5) is 14.7. The molecule has 2 bridgehead atoms. The van der Waals surface area contributed by atoms with Gasteiger partial charge in [-0.3, -0.25) is 4.79 Å². The molecule has 0 aliphatic carbocycles. The molecule has 0 N–H and O–H groups in total. The second kappa shape index (κ2) is 6.56. The molecular formula is C21H26N2O. The van der Waals surface area contributed by atoms with Gasteiger partial charge in [0.25, 0.3) is 5.56 Å². The second-order valence-electron chi connectivity index (χ2n) is 7.56. The lowest BCUT2D eigenvalue weighted by molar-refractivity contribution is 0.117. The minimum atomic E-state index is 0.174. The van der Waals surface area contributed by atoms with E-state index in [0.29, 0.717) is 17.8 Å². The summed E-state index contributed by atoms with van der Waals surface area (Å²) in [5, 5.41) is 0. The van der Waals surface area contributed by atoms with Crippen molar-refractivity contribution in [1.82, 2.24) is 9.47 Å². The lowest BCUT2D eigenvalue weighted by Crippen LogP contribution is -2.47. The molecule has 0 radical (unpaired) electrons. The van der Waals surface area contributed by atoms with E-state index in [2.05, 4.69) is 48.2 Å². The van der Waals surface area contributed by atoms with Crippen molar-refractivity contribution < 1.29 is 0 Å². The molecule has 0 amide bonds. The minimum Gasteiger partial charge on any atom is -0.312 e. The van der Waals surface area contributed by atoms with E-state index in [1.807, 2.05) is 10.6 Å². The summed E-state index contributed by atoms with van der Waals surface area (Å²) in [5.41, 5.74) is 2.86. The van der Waals surface area contributed by atoms with Gasteiger partial charge < -0.3 is 9.47 Å². The zero-order chi connectivity index (χ0) is 16.5. The topological polar surface area (TPSA) is 25.2 Å². The number of pyridine rings is 1. The number of rotatable bonds is 4. The average molecular weight is 322 g/mol. The lowest BCUT2D eigenvalue weighted by Gasteiger charge is -2.43. The van der Waals surface area contributed by atoms with Crippen LogP contribution in [0.5, 0.6) is 0 Å². The van der Waals surface area contributed by atoms with Crippen molar-refractivity contribution in [3.05, 3.63) is 70.1 Å². The molecule has 1 saturated heterocycles. The maximum Gasteiger partial charge on any atom is 0.250 e. The third-order valence-electron chi connectivity index (χ3n) is 5.80. The molecule has 0 saturated carbocycles. The fraction of sp³-hybridized carbons (Fsp3) is 0.476. The first-order valence-electron chi connectivity index (χ1n) is 9.18. The van der Waals surface area contributed by atoms with Crippen molar-refractivity contribution in [1.29, 1.82) is 0 Å². The number of benzene rings is 1. The highest BCUT2D eigenvalue weighted by atomic mass is 16.1. The van der Waals surface area contributed by atoms with E-state index in [4.69, 9.17) is 0 Å². The van der Waals surface area contributed by atoms with Crippen LogP contribution in [0.3, 0.4) is 0 Å². The Bertz CT molecular complexity index is 752. The molecular weight excluding hydrogens is 296 g/mol. The number of nitrogens with zero attached hydrogens (tertiary/aromatic N) is 2. The van der Waals surface area contributed by atoms with Crippen molar-refractivity contribution >= 4 is 0 Å². The minimum absolute atomic E-state index is 0.174. The van der Waals surface area contributed by atoms with Crippen LogP contribution >= 0.6 is 0 Å². The van der Waals surface area contributed by atoms with E-state index in [-0.39, 0.29) is 5.56 Å². The van der Waals surface area contributed by atoms with Gasteiger partial charge in [0.2, 0.25) is 0 Å². The number of aromatic nitrogens is 1. The Morgan fingerprint density at radius 2 is 1.88 bits per heavy atom. The molecule has 3 heteroatoms. The summed E-state index contributed by atoms with van der Waals surface area (Å²) in [6.45, 7) is 6.62. The Morgan fingerprint density at radius 3 is 2.71 bits per heavy atom. The molecule has 0 spiro atoms. The van der Waals surface area contributed by atoms with E-state index in [1.54, 1.807) is 6.07 Å². The molecule has 4 rings (SSSR count). The lowest BCUT2D eigenvalue weighted by atomic mass is 9.83. The molecule has 3 atom stereocenters. The molecule has 1 aromatic heterocycles. The first kappa shape index (κ1) is 15.6. The molecule has 2 aliphatic rings. The molecule has 2 aromatic rings. The highest BCUT2D eigenvalue weighted by Crippen LogP contribution is 2.35. The Balaban J connectivity index is 1.42. The summed E-state index contributed by atoms with van der Waals surface area (Å²) in [5.74, 6) is 1.75. The standard InChI is InChI=1S/C21H26N2O/c1-16(18-6-3-2-4-7-18)10-11-22-13-17-12-19(15-22)20-8-5-9-21(24)23(20)14-17/h2-9,16-17,19H,10-15H2,1H3/t16-,17-,19+/m1/s1. The van der Waals surface area contributed by atoms with Gasteiger partial charge in [-0.2, -0.15) is 0 Å². The van der Waals surface area contributed by atoms with E-state index in [9.17, 15) is 4.79 Å². The maximum absolute atomic E-state index is 12.1. The molecule has 3 heterocycles. The summed E-state index contributed by atoms with van der Waals surface area (Å²) >= 11 is 0. The Hall–Kier alpha value is -1.87. The largest absolute Gasteiger partial charge is 0.312 e. The van der Waals surface area contributed by atoms with Gasteiger partial charge >= 0.3 is 0 Å². The van der Waals surface area contributed by atoms with Crippen LogP contribution < -0.4 is 5.56 Å². The molecule has 2 aliphatic heterocycles. The summed E-state index contributed by atoms with van der Waals surface area (Å²) in [6, 6.07) is 16.6. The van der Waals surface area contributed by atoms with Crippen LogP contribution in [0.25, 0.3) is 0 Å². The zero-order valence-electron chi connectivity index (χ0n) is 14.4. The maximum atomic E-state index is 12.1. The first-order valence-corrected chi connectivity index (χ1v) is 9.18. The van der Waals surface area contributed by atoms with E-state index >= 15 is 0 Å². The Kier molecular flexibility index (Phi) is 4.28. The van der Waals surface area contributed by atoms with E-state index in [0.717, 1.165) is 26.2 Å². The smallest absolute Gasteiger partial charge is 0.250 e. The highest BCUT2D eigenvalue weighted by Gasteiger charge is 2.34. The third kappa shape index (κ3) is 3.05. The summed E-state index contributed by atoms with van der Waals surface area (Å²) in [7, 11) is 0. The number of hydrogen-bond acceptors (Lipinski definition) is 2. The van der Waals surface area contributed by atoms with Gasteiger partial charge in [-0.05, 0) is 42.9 Å². The number of hydrogen-bond donors (Lipinski definition) is 0. The van der Waals surface area contributed by atoms with E-state index < -0.39 is 0 Å². The van der Waals surface area contributed by atoms with Gasteiger partial charge in [-0.25, -0.2) is 0 Å². The van der Waals surface area contributed by atoms with Gasteiger partial charge in [0.1, 0.15) is 0 Å². The zero-order valence-corrected chi connectivity index (χ0v) is 14.4. The van der Waals surface area contributed by atoms with Crippen molar-refractivity contribution in [3.8, 4) is 0 Å². The predicted octanol–water partition coefficient (Wildman–Crippen LogP) is 3.46. The van der Waals surface area contributed by atoms with Gasteiger partial charge in [-0.1, -0.05) is 43.3 Å². The van der Waals surface area contributed by atoms with Crippen molar-refractivity contribution in [2.24, 2.45) is 5.92 Å². The quantitative estimate of drug-likeness (QED) is 0.861. The molecule has 126 valence electrons. The number of piperidine rings is 1. The first-order chi connectivity index (χ1) is 11.7. The molecule has 0 unspecified atom stereocenters. The van der Waals surface area contributed by atoms with Crippen LogP contribution in [0.2, 0.25) is 0 Å². The van der Waals surface area contributed by atoms with Gasteiger partial charge in [0, 0.05) is 37.3 Å². The van der Waals surface area contributed by atoms with E-state index in [1.165, 1.54) is 24.1 Å². The Morgan fingerprint density at radius 1 is 1.04 bits per heavy atom. The number of likely N-dealkylation sites (tertiary alicyclic amines) is 1. The van der Waals surface area contributed by atoms with Gasteiger partial charge in [0.05, 0.1) is 0 Å². The SMILES string of the molecule is C[C@H](CCN1C[C@H]2C[C@@H](C1)c1cccc(=O)n1C2)c1ccccc1. The summed E-state index contributed by atoms with van der Waals surface area (Å²) < 4.78 is 2.02. The van der Waals surface area contributed by atoms with Crippen LogP contribution in [0.1, 0.15) is 42.9 Å². The van der Waals surface area contributed by atoms with Crippen LogP contribution in [0.4, 0.5) is 0 Å². The third-order valence-corrected chi connectivity index (χ3v) is 5.80. The highest BCUT2D eigenvalue weighted by molar-refractivity contribution is 5.19.